The molecular formula is C20H28N2O3. The molecule has 0 unspecified atom stereocenters. The molecule has 3 aliphatic rings. The van der Waals surface area contributed by atoms with E-state index >= 15 is 0 Å². The first kappa shape index (κ1) is 17.0. The Morgan fingerprint density at radius 2 is 2.08 bits per heavy atom. The molecule has 2 saturated heterocycles. The number of amides is 1. The van der Waals surface area contributed by atoms with Crippen LogP contribution in [0.2, 0.25) is 0 Å². The van der Waals surface area contributed by atoms with Gasteiger partial charge in [0, 0.05) is 31.6 Å². The summed E-state index contributed by atoms with van der Waals surface area (Å²) in [6, 6.07) is 10.7. The zero-order chi connectivity index (χ0) is 17.1. The monoisotopic (exact) mass is 344 g/mol. The van der Waals surface area contributed by atoms with Crippen LogP contribution in [0.3, 0.4) is 0 Å². The predicted octanol–water partition coefficient (Wildman–Crippen LogP) is 1.96. The van der Waals surface area contributed by atoms with Gasteiger partial charge in [0.05, 0.1) is 31.8 Å². The van der Waals surface area contributed by atoms with Gasteiger partial charge in [-0.2, -0.15) is 0 Å². The van der Waals surface area contributed by atoms with Crippen LogP contribution in [0.4, 0.5) is 0 Å². The van der Waals surface area contributed by atoms with Crippen molar-refractivity contribution in [2.45, 2.75) is 50.5 Å². The number of likely N-dealkylation sites (tertiary alicyclic amines) is 1. The molecule has 1 N–H and O–H groups in total. The fourth-order valence-electron chi connectivity index (χ4n) is 3.94. The molecule has 1 amide bonds. The maximum Gasteiger partial charge on any atom is 0.222 e. The summed E-state index contributed by atoms with van der Waals surface area (Å²) in [7, 11) is 0. The molecule has 2 aliphatic heterocycles. The second-order valence-corrected chi connectivity index (χ2v) is 7.64. The van der Waals surface area contributed by atoms with Crippen LogP contribution >= 0.6 is 0 Å². The van der Waals surface area contributed by atoms with Crippen molar-refractivity contribution >= 4 is 5.91 Å². The van der Waals surface area contributed by atoms with Gasteiger partial charge in [-0.05, 0) is 24.8 Å². The summed E-state index contributed by atoms with van der Waals surface area (Å²) >= 11 is 0. The van der Waals surface area contributed by atoms with Gasteiger partial charge < -0.3 is 14.8 Å². The number of hydrogen-bond donors (Lipinski definition) is 1. The zero-order valence-corrected chi connectivity index (χ0v) is 14.7. The Bertz CT molecular complexity index is 562. The largest absolute Gasteiger partial charge is 0.375 e. The van der Waals surface area contributed by atoms with Gasteiger partial charge in [-0.15, -0.1) is 0 Å². The van der Waals surface area contributed by atoms with Crippen molar-refractivity contribution in [3.63, 3.8) is 0 Å². The molecule has 25 heavy (non-hydrogen) atoms. The van der Waals surface area contributed by atoms with Gasteiger partial charge in [-0.1, -0.05) is 30.3 Å². The normalized spacial score (nSPS) is 28.9. The van der Waals surface area contributed by atoms with Gasteiger partial charge in [0.2, 0.25) is 5.91 Å². The highest BCUT2D eigenvalue weighted by Crippen LogP contribution is 2.34. The topological polar surface area (TPSA) is 50.8 Å². The van der Waals surface area contributed by atoms with E-state index in [9.17, 15) is 4.79 Å². The number of ether oxygens (including phenoxy) is 2. The minimum atomic E-state index is 0.116. The summed E-state index contributed by atoms with van der Waals surface area (Å²) in [6.07, 6.45) is 4.25. The molecule has 1 aliphatic carbocycles. The van der Waals surface area contributed by atoms with Crippen LogP contribution in [0.1, 0.15) is 31.2 Å². The SMILES string of the molecule is O=C(C[C@@H]1C[C@@H]2CN(CCOCc3ccccc3)C[C@@H]2O1)NC1CC1. The average Bonchev–Trinajstić information content (AvgIpc) is 3.21. The van der Waals surface area contributed by atoms with E-state index in [4.69, 9.17) is 9.47 Å². The van der Waals surface area contributed by atoms with Crippen molar-refractivity contribution in [3.8, 4) is 0 Å². The summed E-state index contributed by atoms with van der Waals surface area (Å²) in [5.41, 5.74) is 1.22. The molecule has 0 bridgehead atoms. The van der Waals surface area contributed by atoms with E-state index in [0.29, 0.717) is 31.1 Å². The summed E-state index contributed by atoms with van der Waals surface area (Å²) in [6.45, 7) is 4.42. The molecule has 0 radical (unpaired) electrons. The van der Waals surface area contributed by atoms with Crippen molar-refractivity contribution in [2.24, 2.45) is 5.92 Å². The number of fused-ring (bicyclic) bond motifs is 1. The first-order valence-corrected chi connectivity index (χ1v) is 9.55. The fraction of sp³-hybridized carbons (Fsp3) is 0.650. The van der Waals surface area contributed by atoms with Crippen LogP contribution in [0.15, 0.2) is 30.3 Å². The van der Waals surface area contributed by atoms with Gasteiger partial charge >= 0.3 is 0 Å². The van der Waals surface area contributed by atoms with Crippen molar-refractivity contribution in [3.05, 3.63) is 35.9 Å². The van der Waals surface area contributed by atoms with Crippen LogP contribution in [0, 0.1) is 5.92 Å². The zero-order valence-electron chi connectivity index (χ0n) is 14.7. The highest BCUT2D eigenvalue weighted by molar-refractivity contribution is 5.77. The minimum absolute atomic E-state index is 0.116. The van der Waals surface area contributed by atoms with Crippen molar-refractivity contribution < 1.29 is 14.3 Å². The summed E-state index contributed by atoms with van der Waals surface area (Å²) in [5, 5.41) is 3.06. The molecule has 1 aromatic carbocycles. The molecule has 5 heteroatoms. The first-order valence-electron chi connectivity index (χ1n) is 9.55. The molecule has 136 valence electrons. The van der Waals surface area contributed by atoms with Crippen LogP contribution < -0.4 is 5.32 Å². The Hall–Kier alpha value is -1.43. The Morgan fingerprint density at radius 1 is 1.24 bits per heavy atom. The molecule has 0 aromatic heterocycles. The molecular weight excluding hydrogens is 316 g/mol. The van der Waals surface area contributed by atoms with Gasteiger partial charge in [-0.3, -0.25) is 9.69 Å². The third-order valence-corrected chi connectivity index (χ3v) is 5.41. The molecule has 4 rings (SSSR count). The Morgan fingerprint density at radius 3 is 2.84 bits per heavy atom. The fourth-order valence-corrected chi connectivity index (χ4v) is 3.94. The Kier molecular flexibility index (Phi) is 5.34. The lowest BCUT2D eigenvalue weighted by Gasteiger charge is -2.19. The van der Waals surface area contributed by atoms with Crippen molar-refractivity contribution in [2.75, 3.05) is 26.2 Å². The van der Waals surface area contributed by atoms with Crippen LogP contribution in [-0.4, -0.2) is 55.3 Å². The second-order valence-electron chi connectivity index (χ2n) is 7.64. The number of nitrogens with zero attached hydrogens (tertiary/aromatic N) is 1. The van der Waals surface area contributed by atoms with E-state index in [1.54, 1.807) is 0 Å². The third kappa shape index (κ3) is 4.81. The van der Waals surface area contributed by atoms with Gasteiger partial charge in [-0.25, -0.2) is 0 Å². The van der Waals surface area contributed by atoms with Gasteiger partial charge in [0.1, 0.15) is 0 Å². The smallest absolute Gasteiger partial charge is 0.222 e. The van der Waals surface area contributed by atoms with Crippen LogP contribution in [0.5, 0.6) is 0 Å². The number of benzene rings is 1. The number of carbonyl (C=O) groups excluding carboxylic acids is 1. The first-order chi connectivity index (χ1) is 12.3. The summed E-state index contributed by atoms with van der Waals surface area (Å²) in [4.78, 5) is 14.3. The maximum atomic E-state index is 11.9. The molecule has 1 saturated carbocycles. The quantitative estimate of drug-likeness (QED) is 0.733. The minimum Gasteiger partial charge on any atom is -0.375 e. The second kappa shape index (κ2) is 7.85. The molecule has 1 aromatic rings. The van der Waals surface area contributed by atoms with Crippen LogP contribution in [-0.2, 0) is 20.9 Å². The number of carbonyl (C=O) groups is 1. The lowest BCUT2D eigenvalue weighted by Crippen LogP contribution is -2.31. The lowest BCUT2D eigenvalue weighted by atomic mass is 10.0. The maximum absolute atomic E-state index is 11.9. The lowest BCUT2D eigenvalue weighted by molar-refractivity contribution is -0.123. The van der Waals surface area contributed by atoms with Gasteiger partial charge in [0.15, 0.2) is 0 Å². The highest BCUT2D eigenvalue weighted by atomic mass is 16.5. The molecule has 3 fully saturated rings. The number of nitrogens with one attached hydrogen (secondary N) is 1. The van der Waals surface area contributed by atoms with E-state index in [0.717, 1.165) is 45.5 Å². The van der Waals surface area contributed by atoms with Gasteiger partial charge in [0.25, 0.3) is 0 Å². The molecule has 0 spiro atoms. The molecule has 3 atom stereocenters. The van der Waals surface area contributed by atoms with E-state index < -0.39 is 0 Å². The van der Waals surface area contributed by atoms with E-state index in [2.05, 4.69) is 22.3 Å². The summed E-state index contributed by atoms with van der Waals surface area (Å²) < 4.78 is 11.9. The van der Waals surface area contributed by atoms with E-state index in [1.807, 2.05) is 18.2 Å². The predicted molar refractivity (Wildman–Crippen MR) is 95.1 cm³/mol. The van der Waals surface area contributed by atoms with Crippen LogP contribution in [0.25, 0.3) is 0 Å². The number of hydrogen-bond acceptors (Lipinski definition) is 4. The molecule has 2 heterocycles. The van der Waals surface area contributed by atoms with Crippen molar-refractivity contribution in [1.29, 1.82) is 0 Å². The van der Waals surface area contributed by atoms with E-state index in [-0.39, 0.29) is 12.0 Å². The summed E-state index contributed by atoms with van der Waals surface area (Å²) in [5.74, 6) is 0.742. The van der Waals surface area contributed by atoms with Crippen molar-refractivity contribution in [1.82, 2.24) is 10.2 Å². The number of rotatable bonds is 8. The third-order valence-electron chi connectivity index (χ3n) is 5.41. The standard InChI is InChI=1S/C20H28N2O3/c23-20(21-17-6-7-17)11-18-10-16-12-22(13-19(16)25-18)8-9-24-14-15-4-2-1-3-5-15/h1-5,16-19H,6-14H2,(H,21,23)/t16-,18+,19+/m1/s1. The molecule has 5 nitrogen and oxygen atoms in total. The average molecular weight is 344 g/mol. The Labute approximate surface area is 149 Å². The Balaban J connectivity index is 1.11. The highest BCUT2D eigenvalue weighted by Gasteiger charge is 2.42. The van der Waals surface area contributed by atoms with E-state index in [1.165, 1.54) is 5.56 Å².